The highest BCUT2D eigenvalue weighted by Gasteiger charge is 2.37. The summed E-state index contributed by atoms with van der Waals surface area (Å²) in [5.41, 5.74) is 2.26. The Labute approximate surface area is 205 Å². The van der Waals surface area contributed by atoms with E-state index in [0.717, 1.165) is 11.4 Å². The molecule has 1 aromatic carbocycles. The summed E-state index contributed by atoms with van der Waals surface area (Å²) in [4.78, 5) is 49.1. The Morgan fingerprint density at radius 3 is 2.31 bits per heavy atom. The molecule has 0 saturated carbocycles. The first-order chi connectivity index (χ1) is 16.7. The van der Waals surface area contributed by atoms with Crippen LogP contribution in [-0.4, -0.2) is 52.3 Å². The van der Waals surface area contributed by atoms with Gasteiger partial charge in [-0.2, -0.15) is 0 Å². The third kappa shape index (κ3) is 4.38. The number of nitrogens with zero attached hydrogens (tertiary/aromatic N) is 4. The van der Waals surface area contributed by atoms with Gasteiger partial charge < -0.3 is 9.80 Å². The van der Waals surface area contributed by atoms with Gasteiger partial charge in [0.2, 0.25) is 0 Å². The van der Waals surface area contributed by atoms with Gasteiger partial charge in [-0.15, -0.1) is 0 Å². The number of hydrogen-bond acceptors (Lipinski definition) is 5. The van der Waals surface area contributed by atoms with Crippen molar-refractivity contribution in [3.8, 4) is 5.69 Å². The topological polar surface area (TPSA) is 75.5 Å². The highest BCUT2D eigenvalue weighted by Crippen LogP contribution is 2.36. The minimum absolute atomic E-state index is 0.0221. The Kier molecular flexibility index (Phi) is 5.79. The average molecular weight is 471 g/mol. The van der Waals surface area contributed by atoms with Crippen LogP contribution in [0.25, 0.3) is 5.69 Å². The van der Waals surface area contributed by atoms with Gasteiger partial charge in [-0.05, 0) is 48.6 Å². The normalized spacial score (nSPS) is 17.3. The van der Waals surface area contributed by atoms with Crippen LogP contribution in [0.5, 0.6) is 0 Å². The standard InChI is InChI=1S/C28H30N4O3/c1-19-7-9-20(10-8-19)32-18-22-21(16-28(2,3)17-23(22)33)25(27(32)35)26(34)31-14-12-30(13-15-31)24-6-4-5-11-29-24/h4-11,18H,12-17H2,1-3H3. The summed E-state index contributed by atoms with van der Waals surface area (Å²) >= 11 is 0. The third-order valence-electron chi connectivity index (χ3n) is 6.98. The first-order valence-corrected chi connectivity index (χ1v) is 12.1. The van der Waals surface area contributed by atoms with Gasteiger partial charge in [-0.25, -0.2) is 4.98 Å². The maximum absolute atomic E-state index is 13.9. The minimum atomic E-state index is -0.366. The summed E-state index contributed by atoms with van der Waals surface area (Å²) in [5.74, 6) is 0.566. The lowest BCUT2D eigenvalue weighted by atomic mass is 9.73. The molecule has 1 aliphatic heterocycles. The molecule has 7 nitrogen and oxygen atoms in total. The van der Waals surface area contributed by atoms with Crippen molar-refractivity contribution < 1.29 is 9.59 Å². The van der Waals surface area contributed by atoms with Crippen LogP contribution in [0.1, 0.15) is 52.1 Å². The van der Waals surface area contributed by atoms with E-state index in [9.17, 15) is 14.4 Å². The van der Waals surface area contributed by atoms with E-state index in [1.165, 1.54) is 4.57 Å². The second kappa shape index (κ2) is 8.80. The van der Waals surface area contributed by atoms with Gasteiger partial charge >= 0.3 is 0 Å². The van der Waals surface area contributed by atoms with Crippen molar-refractivity contribution in [1.82, 2.24) is 14.5 Å². The van der Waals surface area contributed by atoms with Crippen molar-refractivity contribution in [2.75, 3.05) is 31.1 Å². The van der Waals surface area contributed by atoms with E-state index in [2.05, 4.69) is 9.88 Å². The van der Waals surface area contributed by atoms with Crippen LogP contribution in [-0.2, 0) is 6.42 Å². The van der Waals surface area contributed by atoms with Crippen LogP contribution < -0.4 is 10.5 Å². The van der Waals surface area contributed by atoms with Crippen molar-refractivity contribution in [1.29, 1.82) is 0 Å². The maximum atomic E-state index is 13.9. The molecule has 0 bridgehead atoms. The fourth-order valence-electron chi connectivity index (χ4n) is 5.10. The van der Waals surface area contributed by atoms with Crippen molar-refractivity contribution in [2.45, 2.75) is 33.6 Å². The van der Waals surface area contributed by atoms with Crippen LogP contribution in [0.2, 0.25) is 0 Å². The molecule has 1 amide bonds. The number of aromatic nitrogens is 2. The Bertz CT molecular complexity index is 1340. The number of piperazine rings is 1. The van der Waals surface area contributed by atoms with Crippen molar-refractivity contribution >= 4 is 17.5 Å². The molecule has 0 radical (unpaired) electrons. The van der Waals surface area contributed by atoms with E-state index in [0.29, 0.717) is 55.8 Å². The summed E-state index contributed by atoms with van der Waals surface area (Å²) in [6, 6.07) is 13.3. The molecule has 3 aromatic rings. The monoisotopic (exact) mass is 470 g/mol. The lowest BCUT2D eigenvalue weighted by Crippen LogP contribution is -2.50. The fraction of sp³-hybridized carbons (Fsp3) is 0.357. The number of Topliss-reactive ketones (excluding diaryl/α,β-unsaturated/α-hetero) is 1. The highest BCUT2D eigenvalue weighted by atomic mass is 16.2. The molecule has 0 atom stereocenters. The molecule has 180 valence electrons. The average Bonchev–Trinajstić information content (AvgIpc) is 2.84. The summed E-state index contributed by atoms with van der Waals surface area (Å²) in [7, 11) is 0. The van der Waals surface area contributed by atoms with Crippen LogP contribution in [0.3, 0.4) is 0 Å². The van der Waals surface area contributed by atoms with Crippen molar-refractivity contribution in [2.24, 2.45) is 5.41 Å². The first-order valence-electron chi connectivity index (χ1n) is 12.1. The molecule has 1 saturated heterocycles. The van der Waals surface area contributed by atoms with E-state index in [1.54, 1.807) is 17.3 Å². The molecular weight excluding hydrogens is 440 g/mol. The SMILES string of the molecule is Cc1ccc(-n2cc3c(c(C(=O)N4CCN(c5ccccn5)CC4)c2=O)CC(C)(C)CC3=O)cc1. The zero-order chi connectivity index (χ0) is 24.7. The fourth-order valence-corrected chi connectivity index (χ4v) is 5.10. The molecule has 0 unspecified atom stereocenters. The Balaban J connectivity index is 1.54. The molecule has 3 heterocycles. The Morgan fingerprint density at radius 2 is 1.66 bits per heavy atom. The van der Waals surface area contributed by atoms with Crippen LogP contribution in [0.15, 0.2) is 59.7 Å². The second-order valence-electron chi connectivity index (χ2n) is 10.3. The second-order valence-corrected chi connectivity index (χ2v) is 10.3. The van der Waals surface area contributed by atoms with Gasteiger partial charge in [0.05, 0.1) is 0 Å². The molecule has 5 rings (SSSR count). The van der Waals surface area contributed by atoms with Crippen molar-refractivity contribution in [3.05, 3.63) is 87.5 Å². The number of hydrogen-bond donors (Lipinski definition) is 0. The smallest absolute Gasteiger partial charge is 0.268 e. The van der Waals surface area contributed by atoms with Gasteiger partial charge in [0.1, 0.15) is 11.4 Å². The largest absolute Gasteiger partial charge is 0.353 e. The number of ketones is 1. The number of fused-ring (bicyclic) bond motifs is 1. The summed E-state index contributed by atoms with van der Waals surface area (Å²) in [6.45, 7) is 8.24. The van der Waals surface area contributed by atoms with Crippen LogP contribution >= 0.6 is 0 Å². The Hall–Kier alpha value is -3.74. The number of benzene rings is 1. The number of rotatable bonds is 3. The number of pyridine rings is 2. The van der Waals surface area contributed by atoms with Crippen LogP contribution in [0.4, 0.5) is 5.82 Å². The Morgan fingerprint density at radius 1 is 0.943 bits per heavy atom. The van der Waals surface area contributed by atoms with Gasteiger partial charge in [-0.1, -0.05) is 37.6 Å². The lowest BCUT2D eigenvalue weighted by molar-refractivity contribution is 0.0741. The quantitative estimate of drug-likeness (QED) is 0.584. The van der Waals surface area contributed by atoms with Crippen LogP contribution in [0, 0.1) is 12.3 Å². The first kappa shape index (κ1) is 23.0. The number of amides is 1. The molecule has 1 aliphatic carbocycles. The van der Waals surface area contributed by atoms with E-state index in [4.69, 9.17) is 0 Å². The number of aryl methyl sites for hydroxylation is 1. The molecule has 35 heavy (non-hydrogen) atoms. The summed E-state index contributed by atoms with van der Waals surface area (Å²) in [6.07, 6.45) is 4.31. The van der Waals surface area contributed by atoms with Gasteiger partial charge in [0.25, 0.3) is 11.5 Å². The summed E-state index contributed by atoms with van der Waals surface area (Å²) in [5, 5.41) is 0. The number of anilines is 1. The third-order valence-corrected chi connectivity index (χ3v) is 6.98. The molecule has 2 aliphatic rings. The van der Waals surface area contributed by atoms with E-state index < -0.39 is 0 Å². The van der Waals surface area contributed by atoms with E-state index in [1.807, 2.05) is 63.2 Å². The molecular formula is C28H30N4O3. The van der Waals surface area contributed by atoms with Gasteiger partial charge in [0.15, 0.2) is 5.78 Å². The predicted octanol–water partition coefficient (Wildman–Crippen LogP) is 3.66. The van der Waals surface area contributed by atoms with E-state index >= 15 is 0 Å². The number of carbonyl (C=O) groups is 2. The highest BCUT2D eigenvalue weighted by molar-refractivity contribution is 6.04. The lowest BCUT2D eigenvalue weighted by Gasteiger charge is -2.36. The molecule has 7 heteroatoms. The van der Waals surface area contributed by atoms with Gasteiger partial charge in [0, 0.05) is 56.2 Å². The number of carbonyl (C=O) groups excluding carboxylic acids is 2. The molecule has 1 fully saturated rings. The molecule has 0 N–H and O–H groups in total. The van der Waals surface area contributed by atoms with Crippen molar-refractivity contribution in [3.63, 3.8) is 0 Å². The summed E-state index contributed by atoms with van der Waals surface area (Å²) < 4.78 is 1.46. The zero-order valence-corrected chi connectivity index (χ0v) is 20.5. The predicted molar refractivity (Wildman–Crippen MR) is 136 cm³/mol. The zero-order valence-electron chi connectivity index (χ0n) is 20.5. The van der Waals surface area contributed by atoms with Gasteiger partial charge in [-0.3, -0.25) is 19.0 Å². The maximum Gasteiger partial charge on any atom is 0.268 e. The molecule has 0 spiro atoms. The van der Waals surface area contributed by atoms with E-state index in [-0.39, 0.29) is 28.2 Å². The minimum Gasteiger partial charge on any atom is -0.353 e. The molecule has 2 aromatic heterocycles.